The van der Waals surface area contributed by atoms with E-state index in [2.05, 4.69) is 37.2 Å². The molecule has 5 nitrogen and oxygen atoms in total. The zero-order chi connectivity index (χ0) is 20.6. The summed E-state index contributed by atoms with van der Waals surface area (Å²) in [4.78, 5) is 24.6. The fraction of sp³-hybridized carbons (Fsp3) is 0.0909. The minimum Gasteiger partial charge on any atom is -0.482 e. The van der Waals surface area contributed by atoms with E-state index in [1.165, 1.54) is 0 Å². The average molecular weight is 519 g/mol. The standard InChI is InChI=1S/C22H17Br2NO4/c23-17-11-16(13-25-22(27)15-7-3-1-4-8-15)21(19(24)12-17)29-20(26)14-28-18-9-5-2-6-10-18/h1-12H,13-14H2,(H,25,27). The van der Waals surface area contributed by atoms with Crippen LogP contribution >= 0.6 is 31.9 Å². The number of amides is 1. The highest BCUT2D eigenvalue weighted by molar-refractivity contribution is 9.11. The number of ether oxygens (including phenoxy) is 2. The first-order valence-electron chi connectivity index (χ1n) is 8.72. The Morgan fingerprint density at radius 1 is 0.897 bits per heavy atom. The molecule has 0 aliphatic rings. The van der Waals surface area contributed by atoms with Crippen LogP contribution in [0.4, 0.5) is 0 Å². The third kappa shape index (κ3) is 6.17. The third-order valence-corrected chi connectivity index (χ3v) is 4.92. The van der Waals surface area contributed by atoms with Crippen LogP contribution < -0.4 is 14.8 Å². The van der Waals surface area contributed by atoms with Gasteiger partial charge in [-0.1, -0.05) is 52.3 Å². The van der Waals surface area contributed by atoms with Crippen molar-refractivity contribution in [1.82, 2.24) is 5.32 Å². The van der Waals surface area contributed by atoms with E-state index in [4.69, 9.17) is 9.47 Å². The van der Waals surface area contributed by atoms with Gasteiger partial charge in [0.05, 0.1) is 4.47 Å². The lowest BCUT2D eigenvalue weighted by atomic mass is 10.1. The highest BCUT2D eigenvalue weighted by Gasteiger charge is 2.16. The fourth-order valence-electron chi connectivity index (χ4n) is 2.53. The van der Waals surface area contributed by atoms with E-state index in [1.807, 2.05) is 24.3 Å². The Morgan fingerprint density at radius 2 is 1.55 bits per heavy atom. The molecular weight excluding hydrogens is 502 g/mol. The predicted octanol–water partition coefficient (Wildman–Crippen LogP) is 5.13. The molecule has 3 aromatic carbocycles. The summed E-state index contributed by atoms with van der Waals surface area (Å²) in [7, 11) is 0. The van der Waals surface area contributed by atoms with Gasteiger partial charge in [0.15, 0.2) is 6.61 Å². The van der Waals surface area contributed by atoms with Gasteiger partial charge in [-0.2, -0.15) is 0 Å². The highest BCUT2D eigenvalue weighted by atomic mass is 79.9. The minimum atomic E-state index is -0.549. The summed E-state index contributed by atoms with van der Waals surface area (Å²) in [5.74, 6) is 0.150. The van der Waals surface area contributed by atoms with Crippen molar-refractivity contribution in [2.75, 3.05) is 6.61 Å². The fourth-order valence-corrected chi connectivity index (χ4v) is 3.92. The van der Waals surface area contributed by atoms with Gasteiger partial charge in [-0.05, 0) is 52.3 Å². The van der Waals surface area contributed by atoms with Crippen LogP contribution in [0, 0.1) is 0 Å². The largest absolute Gasteiger partial charge is 0.482 e. The van der Waals surface area contributed by atoms with Gasteiger partial charge in [-0.3, -0.25) is 4.79 Å². The van der Waals surface area contributed by atoms with Crippen LogP contribution in [-0.4, -0.2) is 18.5 Å². The molecular formula is C22H17Br2NO4. The van der Waals surface area contributed by atoms with Gasteiger partial charge in [0.1, 0.15) is 11.5 Å². The summed E-state index contributed by atoms with van der Waals surface area (Å²) in [5.41, 5.74) is 1.19. The number of hydrogen-bond acceptors (Lipinski definition) is 4. The number of halogens is 2. The van der Waals surface area contributed by atoms with Gasteiger partial charge in [-0.25, -0.2) is 4.79 Å². The lowest BCUT2D eigenvalue weighted by Crippen LogP contribution is -2.24. The molecule has 148 valence electrons. The van der Waals surface area contributed by atoms with Crippen LogP contribution in [0.3, 0.4) is 0 Å². The second-order valence-electron chi connectivity index (χ2n) is 6.00. The zero-order valence-electron chi connectivity index (χ0n) is 15.2. The van der Waals surface area contributed by atoms with Crippen molar-refractivity contribution in [2.24, 2.45) is 0 Å². The average Bonchev–Trinajstić information content (AvgIpc) is 2.74. The lowest BCUT2D eigenvalue weighted by Gasteiger charge is -2.14. The number of para-hydroxylation sites is 1. The maximum atomic E-state index is 12.3. The van der Waals surface area contributed by atoms with E-state index in [-0.39, 0.29) is 19.1 Å². The quantitative estimate of drug-likeness (QED) is 0.348. The van der Waals surface area contributed by atoms with Gasteiger partial charge in [0, 0.05) is 22.1 Å². The molecule has 0 bridgehead atoms. The molecule has 0 aliphatic carbocycles. The van der Waals surface area contributed by atoms with Crippen molar-refractivity contribution in [3.63, 3.8) is 0 Å². The number of hydrogen-bond donors (Lipinski definition) is 1. The first-order valence-corrected chi connectivity index (χ1v) is 10.3. The topological polar surface area (TPSA) is 64.6 Å². The maximum absolute atomic E-state index is 12.3. The van der Waals surface area contributed by atoms with E-state index in [0.717, 1.165) is 4.47 Å². The molecule has 0 heterocycles. The van der Waals surface area contributed by atoms with Crippen LogP contribution in [-0.2, 0) is 11.3 Å². The van der Waals surface area contributed by atoms with Crippen LogP contribution in [0.15, 0.2) is 81.7 Å². The molecule has 0 fully saturated rings. The molecule has 0 aromatic heterocycles. The van der Waals surface area contributed by atoms with Crippen molar-refractivity contribution in [2.45, 2.75) is 6.54 Å². The molecule has 3 aromatic rings. The first kappa shape index (κ1) is 21.1. The van der Waals surface area contributed by atoms with E-state index in [0.29, 0.717) is 27.1 Å². The van der Waals surface area contributed by atoms with Gasteiger partial charge in [0.25, 0.3) is 5.91 Å². The van der Waals surface area contributed by atoms with Crippen molar-refractivity contribution in [3.05, 3.63) is 92.9 Å². The Morgan fingerprint density at radius 3 is 2.24 bits per heavy atom. The molecule has 0 unspecified atom stereocenters. The Kier molecular flexibility index (Phi) is 7.43. The number of carbonyl (C=O) groups excluding carboxylic acids is 2. The lowest BCUT2D eigenvalue weighted by molar-refractivity contribution is -0.136. The van der Waals surface area contributed by atoms with Crippen LogP contribution in [0.2, 0.25) is 0 Å². The molecule has 0 aliphatic heterocycles. The number of rotatable bonds is 7. The summed E-state index contributed by atoms with van der Waals surface area (Å²) >= 11 is 6.83. The van der Waals surface area contributed by atoms with E-state index < -0.39 is 5.97 Å². The second kappa shape index (κ2) is 10.2. The molecule has 0 radical (unpaired) electrons. The SMILES string of the molecule is O=C(COc1ccccc1)Oc1c(Br)cc(Br)cc1CNC(=O)c1ccccc1. The first-order chi connectivity index (χ1) is 14.0. The van der Waals surface area contributed by atoms with Crippen LogP contribution in [0.1, 0.15) is 15.9 Å². The Balaban J connectivity index is 1.68. The molecule has 1 N–H and O–H groups in total. The minimum absolute atomic E-state index is 0.188. The Hall–Kier alpha value is -2.64. The molecule has 7 heteroatoms. The Labute approximate surface area is 185 Å². The van der Waals surface area contributed by atoms with Crippen LogP contribution in [0.25, 0.3) is 0 Å². The van der Waals surface area contributed by atoms with Gasteiger partial charge in [-0.15, -0.1) is 0 Å². The summed E-state index contributed by atoms with van der Waals surface area (Å²) < 4.78 is 12.3. The number of benzene rings is 3. The normalized spacial score (nSPS) is 10.3. The second-order valence-corrected chi connectivity index (χ2v) is 7.77. The van der Waals surface area contributed by atoms with Crippen molar-refractivity contribution in [1.29, 1.82) is 0 Å². The van der Waals surface area contributed by atoms with E-state index >= 15 is 0 Å². The smallest absolute Gasteiger partial charge is 0.349 e. The molecule has 1 amide bonds. The number of nitrogens with one attached hydrogen (secondary N) is 1. The summed E-state index contributed by atoms with van der Waals surface area (Å²) in [6, 6.07) is 21.5. The molecule has 29 heavy (non-hydrogen) atoms. The van der Waals surface area contributed by atoms with Crippen molar-refractivity contribution < 1.29 is 19.1 Å². The molecule has 0 saturated heterocycles. The number of esters is 1. The van der Waals surface area contributed by atoms with Gasteiger partial charge in [0.2, 0.25) is 0 Å². The summed E-state index contributed by atoms with van der Waals surface area (Å²) in [6.45, 7) is -0.0454. The van der Waals surface area contributed by atoms with Crippen LogP contribution in [0.5, 0.6) is 11.5 Å². The zero-order valence-corrected chi connectivity index (χ0v) is 18.4. The third-order valence-electron chi connectivity index (χ3n) is 3.88. The number of carbonyl (C=O) groups is 2. The van der Waals surface area contributed by atoms with Gasteiger partial charge < -0.3 is 14.8 Å². The van der Waals surface area contributed by atoms with Gasteiger partial charge >= 0.3 is 5.97 Å². The monoisotopic (exact) mass is 517 g/mol. The van der Waals surface area contributed by atoms with E-state index in [9.17, 15) is 9.59 Å². The van der Waals surface area contributed by atoms with Crippen molar-refractivity contribution in [3.8, 4) is 11.5 Å². The van der Waals surface area contributed by atoms with E-state index in [1.54, 1.807) is 48.5 Å². The summed E-state index contributed by atoms with van der Waals surface area (Å²) in [5, 5.41) is 2.84. The summed E-state index contributed by atoms with van der Waals surface area (Å²) in [6.07, 6.45) is 0. The highest BCUT2D eigenvalue weighted by Crippen LogP contribution is 2.33. The maximum Gasteiger partial charge on any atom is 0.349 e. The molecule has 0 saturated carbocycles. The molecule has 0 spiro atoms. The molecule has 0 atom stereocenters. The van der Waals surface area contributed by atoms with Crippen molar-refractivity contribution >= 4 is 43.7 Å². The Bertz CT molecular complexity index is 994. The predicted molar refractivity (Wildman–Crippen MR) is 117 cm³/mol. The molecule has 3 rings (SSSR count).